The Labute approximate surface area is 108 Å². The van der Waals surface area contributed by atoms with Crippen LogP contribution in [-0.4, -0.2) is 11.7 Å². The largest absolute Gasteiger partial charge is 0.508 e. The van der Waals surface area contributed by atoms with Crippen molar-refractivity contribution >= 4 is 0 Å². The Balaban J connectivity index is 2.20. The second kappa shape index (κ2) is 5.69. The first-order chi connectivity index (χ1) is 8.70. The van der Waals surface area contributed by atoms with Gasteiger partial charge in [-0.1, -0.05) is 36.4 Å². The van der Waals surface area contributed by atoms with Gasteiger partial charge in [-0.15, -0.1) is 0 Å². The summed E-state index contributed by atoms with van der Waals surface area (Å²) >= 11 is 0. The van der Waals surface area contributed by atoms with E-state index in [0.29, 0.717) is 18.2 Å². The van der Waals surface area contributed by atoms with Crippen LogP contribution in [0.5, 0.6) is 5.75 Å². The summed E-state index contributed by atoms with van der Waals surface area (Å²) < 4.78 is 0. The lowest BCUT2D eigenvalue weighted by Crippen LogP contribution is -2.15. The highest BCUT2D eigenvalue weighted by atomic mass is 16.3. The zero-order valence-corrected chi connectivity index (χ0v) is 10.6. The molecule has 2 heteroatoms. The number of phenols is 1. The molecule has 0 spiro atoms. The third-order valence-corrected chi connectivity index (χ3v) is 3.38. The number of hydrogen-bond acceptors (Lipinski definition) is 2. The monoisotopic (exact) mass is 241 g/mol. The van der Waals surface area contributed by atoms with Gasteiger partial charge < -0.3 is 10.8 Å². The van der Waals surface area contributed by atoms with Crippen molar-refractivity contribution in [3.63, 3.8) is 0 Å². The third kappa shape index (κ3) is 2.90. The van der Waals surface area contributed by atoms with Crippen LogP contribution in [0.3, 0.4) is 0 Å². The molecule has 0 saturated carbocycles. The van der Waals surface area contributed by atoms with E-state index in [1.807, 2.05) is 12.1 Å². The fraction of sp³-hybridized carbons (Fsp3) is 0.250. The molecule has 3 N–H and O–H groups in total. The van der Waals surface area contributed by atoms with Crippen LogP contribution in [0.4, 0.5) is 0 Å². The minimum atomic E-state index is 0.297. The minimum absolute atomic E-state index is 0.297. The smallest absolute Gasteiger partial charge is 0.115 e. The van der Waals surface area contributed by atoms with E-state index in [0.717, 1.165) is 6.42 Å². The molecule has 94 valence electrons. The van der Waals surface area contributed by atoms with Gasteiger partial charge in [-0.05, 0) is 48.7 Å². The summed E-state index contributed by atoms with van der Waals surface area (Å²) in [4.78, 5) is 0. The van der Waals surface area contributed by atoms with Gasteiger partial charge in [-0.2, -0.15) is 0 Å². The standard InChI is InChI=1S/C16H19NO/c1-12-4-2-3-5-14(12)10-15(11-17)13-6-8-16(18)9-7-13/h2-9,15,18H,10-11,17H2,1H3. The Hall–Kier alpha value is -1.80. The summed E-state index contributed by atoms with van der Waals surface area (Å²) in [5.41, 5.74) is 9.69. The third-order valence-electron chi connectivity index (χ3n) is 3.38. The van der Waals surface area contributed by atoms with Gasteiger partial charge in [-0.3, -0.25) is 0 Å². The average molecular weight is 241 g/mol. The Morgan fingerprint density at radius 3 is 2.33 bits per heavy atom. The Morgan fingerprint density at radius 2 is 1.72 bits per heavy atom. The lowest BCUT2D eigenvalue weighted by atomic mass is 9.90. The molecule has 1 unspecified atom stereocenters. The number of aryl methyl sites for hydroxylation is 1. The molecule has 0 aliphatic carbocycles. The van der Waals surface area contributed by atoms with Gasteiger partial charge in [0.25, 0.3) is 0 Å². The maximum atomic E-state index is 9.31. The molecule has 0 saturated heterocycles. The molecule has 0 fully saturated rings. The number of nitrogens with two attached hydrogens (primary N) is 1. The predicted molar refractivity (Wildman–Crippen MR) is 74.8 cm³/mol. The first-order valence-electron chi connectivity index (χ1n) is 6.24. The highest BCUT2D eigenvalue weighted by Crippen LogP contribution is 2.23. The van der Waals surface area contributed by atoms with Crippen LogP contribution >= 0.6 is 0 Å². The van der Waals surface area contributed by atoms with Gasteiger partial charge in [-0.25, -0.2) is 0 Å². The molecular formula is C16H19NO. The summed E-state index contributed by atoms with van der Waals surface area (Å²) in [6.07, 6.45) is 0.938. The molecule has 2 aromatic carbocycles. The van der Waals surface area contributed by atoms with Gasteiger partial charge >= 0.3 is 0 Å². The molecule has 18 heavy (non-hydrogen) atoms. The highest BCUT2D eigenvalue weighted by molar-refractivity contribution is 5.32. The zero-order valence-electron chi connectivity index (χ0n) is 10.6. The van der Waals surface area contributed by atoms with Crippen molar-refractivity contribution in [2.75, 3.05) is 6.54 Å². The summed E-state index contributed by atoms with van der Waals surface area (Å²) in [5.74, 6) is 0.595. The van der Waals surface area contributed by atoms with Crippen molar-refractivity contribution in [3.05, 3.63) is 65.2 Å². The maximum Gasteiger partial charge on any atom is 0.115 e. The van der Waals surface area contributed by atoms with E-state index in [2.05, 4.69) is 31.2 Å². The SMILES string of the molecule is Cc1ccccc1CC(CN)c1ccc(O)cc1. The molecule has 1 atom stereocenters. The van der Waals surface area contributed by atoms with Crippen molar-refractivity contribution in [3.8, 4) is 5.75 Å². The number of aromatic hydroxyl groups is 1. The van der Waals surface area contributed by atoms with E-state index in [4.69, 9.17) is 5.73 Å². The van der Waals surface area contributed by atoms with Gasteiger partial charge in [0.2, 0.25) is 0 Å². The van der Waals surface area contributed by atoms with Crippen LogP contribution in [0.25, 0.3) is 0 Å². The Morgan fingerprint density at radius 1 is 1.06 bits per heavy atom. The van der Waals surface area contributed by atoms with Gasteiger partial charge in [0.1, 0.15) is 5.75 Å². The molecule has 2 aromatic rings. The van der Waals surface area contributed by atoms with E-state index >= 15 is 0 Å². The molecule has 0 heterocycles. The van der Waals surface area contributed by atoms with E-state index in [1.165, 1.54) is 16.7 Å². The topological polar surface area (TPSA) is 46.2 Å². The summed E-state index contributed by atoms with van der Waals surface area (Å²) in [7, 11) is 0. The van der Waals surface area contributed by atoms with Gasteiger partial charge in [0.15, 0.2) is 0 Å². The van der Waals surface area contributed by atoms with Crippen molar-refractivity contribution in [2.45, 2.75) is 19.3 Å². The van der Waals surface area contributed by atoms with Crippen LogP contribution < -0.4 is 5.73 Å². The fourth-order valence-electron chi connectivity index (χ4n) is 2.19. The molecule has 0 amide bonds. The zero-order chi connectivity index (χ0) is 13.0. The molecule has 0 aromatic heterocycles. The van der Waals surface area contributed by atoms with E-state index in [-0.39, 0.29) is 0 Å². The first-order valence-corrected chi connectivity index (χ1v) is 6.24. The van der Waals surface area contributed by atoms with Crippen molar-refractivity contribution in [2.24, 2.45) is 5.73 Å². The van der Waals surface area contributed by atoms with E-state index < -0.39 is 0 Å². The van der Waals surface area contributed by atoms with Crippen LogP contribution in [0, 0.1) is 6.92 Å². The molecule has 0 bridgehead atoms. The Kier molecular flexibility index (Phi) is 4.00. The predicted octanol–water partition coefficient (Wildman–Crippen LogP) is 2.99. The lowest BCUT2D eigenvalue weighted by Gasteiger charge is -2.16. The summed E-state index contributed by atoms with van der Waals surface area (Å²) in [6, 6.07) is 15.7. The second-order valence-electron chi connectivity index (χ2n) is 4.65. The quantitative estimate of drug-likeness (QED) is 0.864. The first kappa shape index (κ1) is 12.7. The molecular weight excluding hydrogens is 222 g/mol. The van der Waals surface area contributed by atoms with Crippen LogP contribution in [0.15, 0.2) is 48.5 Å². The number of hydrogen-bond donors (Lipinski definition) is 2. The van der Waals surface area contributed by atoms with Crippen LogP contribution in [0.1, 0.15) is 22.6 Å². The van der Waals surface area contributed by atoms with Crippen LogP contribution in [0.2, 0.25) is 0 Å². The molecule has 2 nitrogen and oxygen atoms in total. The molecule has 0 aliphatic heterocycles. The van der Waals surface area contributed by atoms with Crippen molar-refractivity contribution in [1.29, 1.82) is 0 Å². The molecule has 2 rings (SSSR count). The van der Waals surface area contributed by atoms with E-state index in [9.17, 15) is 5.11 Å². The number of phenolic OH excluding ortho intramolecular Hbond substituents is 1. The number of benzene rings is 2. The number of rotatable bonds is 4. The average Bonchev–Trinajstić information content (AvgIpc) is 2.39. The van der Waals surface area contributed by atoms with Crippen LogP contribution in [-0.2, 0) is 6.42 Å². The normalized spacial score (nSPS) is 12.3. The molecule has 0 radical (unpaired) electrons. The van der Waals surface area contributed by atoms with Crippen molar-refractivity contribution in [1.82, 2.24) is 0 Å². The minimum Gasteiger partial charge on any atom is -0.508 e. The maximum absolute atomic E-state index is 9.31. The summed E-state index contributed by atoms with van der Waals surface area (Å²) in [5, 5.41) is 9.31. The fourth-order valence-corrected chi connectivity index (χ4v) is 2.19. The van der Waals surface area contributed by atoms with E-state index in [1.54, 1.807) is 12.1 Å². The lowest BCUT2D eigenvalue weighted by molar-refractivity contribution is 0.475. The summed E-state index contributed by atoms with van der Waals surface area (Å²) in [6.45, 7) is 2.73. The highest BCUT2D eigenvalue weighted by Gasteiger charge is 2.11. The van der Waals surface area contributed by atoms with Gasteiger partial charge in [0, 0.05) is 5.92 Å². The second-order valence-corrected chi connectivity index (χ2v) is 4.65. The Bertz CT molecular complexity index is 505. The molecule has 0 aliphatic rings. The van der Waals surface area contributed by atoms with Gasteiger partial charge in [0.05, 0.1) is 0 Å². The van der Waals surface area contributed by atoms with Crippen molar-refractivity contribution < 1.29 is 5.11 Å².